The van der Waals surface area contributed by atoms with Crippen molar-refractivity contribution in [1.29, 1.82) is 0 Å². The van der Waals surface area contributed by atoms with E-state index < -0.39 is 5.79 Å². The molecule has 25 heavy (non-hydrogen) atoms. The summed E-state index contributed by atoms with van der Waals surface area (Å²) in [6.45, 7) is 5.69. The summed E-state index contributed by atoms with van der Waals surface area (Å²) < 4.78 is 13.6. The quantitative estimate of drug-likeness (QED) is 0.557. The minimum absolute atomic E-state index is 0.0264. The number of halogens is 1. The number of para-hydroxylation sites is 1. The van der Waals surface area contributed by atoms with Crippen molar-refractivity contribution < 1.29 is 9.47 Å². The molecule has 0 bridgehead atoms. The lowest BCUT2D eigenvalue weighted by Gasteiger charge is -2.49. The van der Waals surface area contributed by atoms with Crippen molar-refractivity contribution in [3.8, 4) is 0 Å². The standard InChI is InChI=1S/C20H27IN2O2/c1-2-15(21)13-23-10-9-19(16-5-3-4-6-17(16)22)14-20(8-7-18(19)23)24-11-12-25-20/h2-6,18H,7-14,22H2,1H3/b15-2-/t18-,19+/m0/s1. The zero-order chi connectivity index (χ0) is 17.5. The number of fused-ring (bicyclic) bond motifs is 1. The second-order valence-corrected chi connectivity index (χ2v) is 8.92. The van der Waals surface area contributed by atoms with E-state index in [0.717, 1.165) is 44.5 Å². The van der Waals surface area contributed by atoms with Gasteiger partial charge in [0.15, 0.2) is 5.79 Å². The first-order chi connectivity index (χ1) is 12.1. The van der Waals surface area contributed by atoms with Crippen LogP contribution in [0.15, 0.2) is 33.9 Å². The molecule has 2 aliphatic heterocycles. The highest BCUT2D eigenvalue weighted by atomic mass is 127. The van der Waals surface area contributed by atoms with Gasteiger partial charge in [-0.2, -0.15) is 0 Å². The first-order valence-corrected chi connectivity index (χ1v) is 10.3. The lowest BCUT2D eigenvalue weighted by atomic mass is 9.63. The Morgan fingerprint density at radius 2 is 2.08 bits per heavy atom. The highest BCUT2D eigenvalue weighted by molar-refractivity contribution is 14.1. The first kappa shape index (κ1) is 17.8. The molecule has 1 aliphatic carbocycles. The molecule has 3 aliphatic rings. The fraction of sp³-hybridized carbons (Fsp3) is 0.600. The van der Waals surface area contributed by atoms with Crippen LogP contribution in [0, 0.1) is 0 Å². The van der Waals surface area contributed by atoms with Crippen LogP contribution in [-0.2, 0) is 14.9 Å². The van der Waals surface area contributed by atoms with Crippen LogP contribution in [0.5, 0.6) is 0 Å². The molecule has 4 nitrogen and oxygen atoms in total. The van der Waals surface area contributed by atoms with Crippen LogP contribution in [0.1, 0.15) is 38.2 Å². The van der Waals surface area contributed by atoms with Crippen LogP contribution in [0.25, 0.3) is 0 Å². The monoisotopic (exact) mass is 454 g/mol. The van der Waals surface area contributed by atoms with Gasteiger partial charge in [0, 0.05) is 40.1 Å². The van der Waals surface area contributed by atoms with E-state index >= 15 is 0 Å². The van der Waals surface area contributed by atoms with Crippen molar-refractivity contribution in [2.45, 2.75) is 49.9 Å². The Morgan fingerprint density at radius 1 is 1.32 bits per heavy atom. The van der Waals surface area contributed by atoms with Gasteiger partial charge in [0.05, 0.1) is 13.2 Å². The molecule has 0 aromatic heterocycles. The molecule has 2 heterocycles. The van der Waals surface area contributed by atoms with Crippen molar-refractivity contribution in [2.75, 3.05) is 32.0 Å². The van der Waals surface area contributed by atoms with Gasteiger partial charge < -0.3 is 15.2 Å². The summed E-state index contributed by atoms with van der Waals surface area (Å²) in [6.07, 6.45) is 6.33. The Morgan fingerprint density at radius 3 is 2.80 bits per heavy atom. The van der Waals surface area contributed by atoms with Crippen LogP contribution < -0.4 is 5.73 Å². The molecule has 1 spiro atoms. The van der Waals surface area contributed by atoms with Gasteiger partial charge in [-0.3, -0.25) is 4.90 Å². The minimum atomic E-state index is -0.400. The van der Waals surface area contributed by atoms with Gasteiger partial charge in [-0.25, -0.2) is 0 Å². The summed E-state index contributed by atoms with van der Waals surface area (Å²) in [6, 6.07) is 8.91. The summed E-state index contributed by atoms with van der Waals surface area (Å²) in [5, 5.41) is 0. The van der Waals surface area contributed by atoms with E-state index in [-0.39, 0.29) is 5.41 Å². The molecular weight excluding hydrogens is 427 g/mol. The maximum atomic E-state index is 6.45. The molecule has 1 saturated carbocycles. The number of allylic oxidation sites excluding steroid dienone is 1. The van der Waals surface area contributed by atoms with E-state index in [0.29, 0.717) is 19.3 Å². The van der Waals surface area contributed by atoms with Gasteiger partial charge >= 0.3 is 0 Å². The van der Waals surface area contributed by atoms with Crippen molar-refractivity contribution in [2.24, 2.45) is 0 Å². The van der Waals surface area contributed by atoms with Crippen LogP contribution in [0.4, 0.5) is 5.69 Å². The summed E-state index contributed by atoms with van der Waals surface area (Å²) in [7, 11) is 0. The molecule has 0 unspecified atom stereocenters. The largest absolute Gasteiger partial charge is 0.398 e. The highest BCUT2D eigenvalue weighted by Crippen LogP contribution is 2.55. The number of likely N-dealkylation sites (tertiary alicyclic amines) is 1. The van der Waals surface area contributed by atoms with E-state index in [9.17, 15) is 0 Å². The number of anilines is 1. The Labute approximate surface area is 163 Å². The van der Waals surface area contributed by atoms with Gasteiger partial charge in [0.25, 0.3) is 0 Å². The second-order valence-electron chi connectivity index (χ2n) is 7.54. The van der Waals surface area contributed by atoms with Crippen molar-refractivity contribution in [3.63, 3.8) is 0 Å². The summed E-state index contributed by atoms with van der Waals surface area (Å²) >= 11 is 2.46. The Balaban J connectivity index is 1.73. The second kappa shape index (κ2) is 6.83. The maximum Gasteiger partial charge on any atom is 0.169 e. The number of rotatable bonds is 3. The molecule has 136 valence electrons. The number of hydrogen-bond acceptors (Lipinski definition) is 4. The predicted molar refractivity (Wildman–Crippen MR) is 109 cm³/mol. The third kappa shape index (κ3) is 3.03. The Bertz CT molecular complexity index is 671. The molecule has 2 atom stereocenters. The van der Waals surface area contributed by atoms with E-state index in [1.165, 1.54) is 9.14 Å². The third-order valence-corrected chi connectivity index (χ3v) is 7.25. The number of nitrogens with zero attached hydrogens (tertiary/aromatic N) is 1. The van der Waals surface area contributed by atoms with Crippen LogP contribution >= 0.6 is 22.6 Å². The van der Waals surface area contributed by atoms with E-state index in [1.807, 2.05) is 12.1 Å². The van der Waals surface area contributed by atoms with Gasteiger partial charge in [0.2, 0.25) is 0 Å². The minimum Gasteiger partial charge on any atom is -0.398 e. The average Bonchev–Trinajstić information content (AvgIpc) is 3.21. The number of nitrogens with two attached hydrogens (primary N) is 1. The first-order valence-electron chi connectivity index (χ1n) is 9.26. The molecule has 5 heteroatoms. The SMILES string of the molecule is C/C=C(\I)CN1CC[C@]2(c3ccccc3N)CC3(CC[C@H]12)OCCO3. The fourth-order valence-electron chi connectivity index (χ4n) is 5.18. The lowest BCUT2D eigenvalue weighted by molar-refractivity contribution is -0.196. The van der Waals surface area contributed by atoms with Crippen molar-refractivity contribution >= 4 is 28.3 Å². The Kier molecular flexibility index (Phi) is 4.86. The predicted octanol–water partition coefficient (Wildman–Crippen LogP) is 3.85. The van der Waals surface area contributed by atoms with Crippen LogP contribution in [0.3, 0.4) is 0 Å². The zero-order valence-corrected chi connectivity index (χ0v) is 17.0. The molecule has 2 N–H and O–H groups in total. The van der Waals surface area contributed by atoms with E-state index in [2.05, 4.69) is 52.6 Å². The maximum absolute atomic E-state index is 6.45. The van der Waals surface area contributed by atoms with E-state index in [1.54, 1.807) is 0 Å². The van der Waals surface area contributed by atoms with Gasteiger partial charge in [0.1, 0.15) is 0 Å². The summed E-state index contributed by atoms with van der Waals surface area (Å²) in [5.41, 5.74) is 8.67. The smallest absolute Gasteiger partial charge is 0.169 e. The highest BCUT2D eigenvalue weighted by Gasteiger charge is 2.58. The fourth-order valence-corrected chi connectivity index (χ4v) is 5.62. The summed E-state index contributed by atoms with van der Waals surface area (Å²) in [5.74, 6) is -0.400. The van der Waals surface area contributed by atoms with Crippen molar-refractivity contribution in [1.82, 2.24) is 4.90 Å². The average molecular weight is 454 g/mol. The molecule has 4 rings (SSSR count). The van der Waals surface area contributed by atoms with Gasteiger partial charge in [-0.1, -0.05) is 24.3 Å². The van der Waals surface area contributed by atoms with Crippen molar-refractivity contribution in [3.05, 3.63) is 39.5 Å². The van der Waals surface area contributed by atoms with Gasteiger partial charge in [-0.15, -0.1) is 0 Å². The molecule has 0 amide bonds. The third-order valence-electron chi connectivity index (χ3n) is 6.29. The van der Waals surface area contributed by atoms with E-state index in [4.69, 9.17) is 15.2 Å². The zero-order valence-electron chi connectivity index (χ0n) is 14.8. The molecule has 3 fully saturated rings. The molecule has 0 radical (unpaired) electrons. The van der Waals surface area contributed by atoms with Gasteiger partial charge in [-0.05, 0) is 60.5 Å². The number of hydrogen-bond donors (Lipinski definition) is 1. The normalized spacial score (nSPS) is 32.2. The lowest BCUT2D eigenvalue weighted by Crippen LogP contribution is -2.53. The molecule has 1 aromatic carbocycles. The molecule has 1 aromatic rings. The number of nitrogen functional groups attached to an aromatic ring is 1. The number of benzene rings is 1. The van der Waals surface area contributed by atoms with Crippen LogP contribution in [-0.4, -0.2) is 43.0 Å². The topological polar surface area (TPSA) is 47.7 Å². The summed E-state index contributed by atoms with van der Waals surface area (Å²) in [4.78, 5) is 2.65. The Hall–Kier alpha value is -0.630. The van der Waals surface area contributed by atoms with Crippen LogP contribution in [0.2, 0.25) is 0 Å². The number of ether oxygens (including phenoxy) is 2. The molecular formula is C20H27IN2O2. The molecule has 2 saturated heterocycles.